The minimum Gasteiger partial charge on any atom is -0.497 e. The zero-order valence-corrected chi connectivity index (χ0v) is 17.0. The summed E-state index contributed by atoms with van der Waals surface area (Å²) in [7, 11) is 3.18. The Morgan fingerprint density at radius 1 is 1.17 bits per heavy atom. The van der Waals surface area contributed by atoms with E-state index in [0.717, 1.165) is 30.6 Å². The monoisotopic (exact) mass is 408 g/mol. The maximum atomic E-state index is 13.0. The second-order valence-corrected chi connectivity index (χ2v) is 7.00. The first kappa shape index (κ1) is 20.0. The molecule has 7 heteroatoms. The van der Waals surface area contributed by atoms with E-state index in [1.54, 1.807) is 50.6 Å². The van der Waals surface area contributed by atoms with E-state index in [4.69, 9.17) is 18.6 Å². The Morgan fingerprint density at radius 3 is 2.70 bits per heavy atom. The average Bonchev–Trinajstić information content (AvgIpc) is 3.31. The number of nitrogens with one attached hydrogen (secondary N) is 1. The maximum absolute atomic E-state index is 13.0. The summed E-state index contributed by atoms with van der Waals surface area (Å²) in [6.07, 6.45) is 2.01. The number of hydrogen-bond acceptors (Lipinski definition) is 6. The summed E-state index contributed by atoms with van der Waals surface area (Å²) in [6.45, 7) is 1.20. The molecule has 1 aliphatic heterocycles. The van der Waals surface area contributed by atoms with Crippen molar-refractivity contribution in [3.8, 4) is 11.5 Å². The van der Waals surface area contributed by atoms with E-state index in [0.29, 0.717) is 29.1 Å². The lowest BCUT2D eigenvalue weighted by Gasteiger charge is -2.12. The predicted molar refractivity (Wildman–Crippen MR) is 112 cm³/mol. The Kier molecular flexibility index (Phi) is 5.99. The number of hydrogen-bond donors (Lipinski definition) is 1. The molecular formula is C23H24N2O5. The van der Waals surface area contributed by atoms with Gasteiger partial charge in [0.25, 0.3) is 5.91 Å². The summed E-state index contributed by atoms with van der Waals surface area (Å²) >= 11 is 0. The van der Waals surface area contributed by atoms with Crippen molar-refractivity contribution >= 4 is 22.6 Å². The fourth-order valence-corrected chi connectivity index (χ4v) is 3.41. The zero-order valence-electron chi connectivity index (χ0n) is 17.0. The van der Waals surface area contributed by atoms with Crippen LogP contribution in [0.1, 0.15) is 23.2 Å². The first-order chi connectivity index (χ1) is 14.7. The molecule has 0 unspecified atom stereocenters. The van der Waals surface area contributed by atoms with E-state index in [1.807, 2.05) is 12.1 Å². The Hall–Kier alpha value is -3.32. The van der Waals surface area contributed by atoms with Gasteiger partial charge in [-0.25, -0.2) is 4.99 Å². The lowest BCUT2D eigenvalue weighted by Crippen LogP contribution is -2.34. The third-order valence-corrected chi connectivity index (χ3v) is 5.02. The number of benzene rings is 2. The second kappa shape index (κ2) is 9.00. The van der Waals surface area contributed by atoms with Crippen LogP contribution in [-0.4, -0.2) is 39.4 Å². The Morgan fingerprint density at radius 2 is 2.00 bits per heavy atom. The quantitative estimate of drug-likeness (QED) is 0.674. The number of rotatable bonds is 6. The summed E-state index contributed by atoms with van der Waals surface area (Å²) in [4.78, 5) is 17.5. The van der Waals surface area contributed by atoms with Crippen LogP contribution in [0.5, 0.6) is 11.5 Å². The van der Waals surface area contributed by atoms with Gasteiger partial charge >= 0.3 is 0 Å². The number of ether oxygens (including phenoxy) is 3. The minimum absolute atomic E-state index is 0.0495. The SMILES string of the molecule is COc1ccc(N=c2oc3c(OC)cccc3cc2C(=O)NC[C@H]2CCCO2)cc1. The molecule has 0 radical (unpaired) electrons. The average molecular weight is 408 g/mol. The van der Waals surface area contributed by atoms with Crippen molar-refractivity contribution in [2.45, 2.75) is 18.9 Å². The molecule has 0 bridgehead atoms. The molecule has 156 valence electrons. The van der Waals surface area contributed by atoms with E-state index in [1.165, 1.54) is 0 Å². The molecule has 0 spiro atoms. The number of carbonyl (C=O) groups excluding carboxylic acids is 1. The molecule has 7 nitrogen and oxygen atoms in total. The van der Waals surface area contributed by atoms with Crippen LogP contribution in [0.4, 0.5) is 5.69 Å². The smallest absolute Gasteiger partial charge is 0.256 e. The van der Waals surface area contributed by atoms with Gasteiger partial charge in [0.2, 0.25) is 5.55 Å². The normalized spacial score (nSPS) is 16.6. The van der Waals surface area contributed by atoms with Crippen molar-refractivity contribution < 1.29 is 23.4 Å². The first-order valence-corrected chi connectivity index (χ1v) is 9.87. The standard InChI is InChI=1S/C23H24N2O5/c1-27-17-10-8-16(9-11-17)25-23-19(22(26)24-14-18-6-4-12-29-18)13-15-5-3-7-20(28-2)21(15)30-23/h3,5,7-11,13,18H,4,6,12,14H2,1-2H3,(H,24,26)/t18-/m1/s1. The number of nitrogens with zero attached hydrogens (tertiary/aromatic N) is 1. The molecular weight excluding hydrogens is 384 g/mol. The van der Waals surface area contributed by atoms with Crippen LogP contribution in [0.2, 0.25) is 0 Å². The van der Waals surface area contributed by atoms with Crippen LogP contribution in [0, 0.1) is 0 Å². The van der Waals surface area contributed by atoms with Crippen molar-refractivity contribution in [2.75, 3.05) is 27.4 Å². The van der Waals surface area contributed by atoms with Crippen LogP contribution in [0.15, 0.2) is 57.9 Å². The van der Waals surface area contributed by atoms with Crippen LogP contribution in [-0.2, 0) is 4.74 Å². The molecule has 30 heavy (non-hydrogen) atoms. The van der Waals surface area contributed by atoms with Gasteiger partial charge in [0.15, 0.2) is 11.3 Å². The third kappa shape index (κ3) is 4.31. The topological polar surface area (TPSA) is 82.3 Å². The Labute approximate surface area is 174 Å². The van der Waals surface area contributed by atoms with Gasteiger partial charge in [-0.15, -0.1) is 0 Å². The van der Waals surface area contributed by atoms with E-state index in [2.05, 4.69) is 10.3 Å². The van der Waals surface area contributed by atoms with Gasteiger partial charge in [-0.3, -0.25) is 4.79 Å². The minimum atomic E-state index is -0.258. The Balaban J connectivity index is 1.76. The highest BCUT2D eigenvalue weighted by atomic mass is 16.5. The molecule has 1 aromatic heterocycles. The first-order valence-electron chi connectivity index (χ1n) is 9.87. The van der Waals surface area contributed by atoms with Gasteiger partial charge in [-0.1, -0.05) is 12.1 Å². The van der Waals surface area contributed by atoms with Crippen LogP contribution in [0.3, 0.4) is 0 Å². The molecule has 0 aliphatic carbocycles. The van der Waals surface area contributed by atoms with E-state index in [9.17, 15) is 4.79 Å². The van der Waals surface area contributed by atoms with Crippen LogP contribution < -0.4 is 20.3 Å². The molecule has 1 amide bonds. The molecule has 1 saturated heterocycles. The van der Waals surface area contributed by atoms with E-state index < -0.39 is 0 Å². The van der Waals surface area contributed by atoms with Crippen molar-refractivity contribution in [3.05, 3.63) is 59.6 Å². The lowest BCUT2D eigenvalue weighted by atomic mass is 10.1. The predicted octanol–water partition coefficient (Wildman–Crippen LogP) is 3.59. The van der Waals surface area contributed by atoms with Gasteiger partial charge in [-0.2, -0.15) is 0 Å². The molecule has 1 N–H and O–H groups in total. The van der Waals surface area contributed by atoms with Crippen molar-refractivity contribution in [1.29, 1.82) is 0 Å². The van der Waals surface area contributed by atoms with Crippen molar-refractivity contribution in [1.82, 2.24) is 5.32 Å². The highest BCUT2D eigenvalue weighted by Crippen LogP contribution is 2.25. The molecule has 3 aromatic rings. The van der Waals surface area contributed by atoms with Gasteiger partial charge in [-0.05, 0) is 49.2 Å². The molecule has 0 saturated carbocycles. The van der Waals surface area contributed by atoms with Crippen LogP contribution in [0.25, 0.3) is 11.0 Å². The maximum Gasteiger partial charge on any atom is 0.256 e. The molecule has 1 atom stereocenters. The van der Waals surface area contributed by atoms with E-state index in [-0.39, 0.29) is 17.6 Å². The zero-order chi connectivity index (χ0) is 20.9. The van der Waals surface area contributed by atoms with Crippen molar-refractivity contribution in [3.63, 3.8) is 0 Å². The number of carbonyl (C=O) groups is 1. The fourth-order valence-electron chi connectivity index (χ4n) is 3.41. The van der Waals surface area contributed by atoms with Gasteiger partial charge in [0, 0.05) is 18.5 Å². The molecule has 2 heterocycles. The summed E-state index contributed by atoms with van der Waals surface area (Å²) in [5.74, 6) is 1.04. The summed E-state index contributed by atoms with van der Waals surface area (Å²) in [6, 6.07) is 14.5. The lowest BCUT2D eigenvalue weighted by molar-refractivity contribution is 0.0854. The number of amides is 1. The van der Waals surface area contributed by atoms with Gasteiger partial charge in [0.1, 0.15) is 11.3 Å². The number of fused-ring (bicyclic) bond motifs is 1. The fraction of sp³-hybridized carbons (Fsp3) is 0.304. The van der Waals surface area contributed by atoms with Crippen molar-refractivity contribution in [2.24, 2.45) is 4.99 Å². The molecule has 4 rings (SSSR count). The largest absolute Gasteiger partial charge is 0.497 e. The summed E-state index contributed by atoms with van der Waals surface area (Å²) in [5.41, 5.74) is 1.73. The summed E-state index contributed by atoms with van der Waals surface area (Å²) < 4.78 is 22.3. The molecule has 1 aliphatic rings. The third-order valence-electron chi connectivity index (χ3n) is 5.02. The van der Waals surface area contributed by atoms with Crippen LogP contribution >= 0.6 is 0 Å². The molecule has 2 aromatic carbocycles. The van der Waals surface area contributed by atoms with Gasteiger partial charge in [0.05, 0.1) is 26.0 Å². The Bertz CT molecular complexity index is 1100. The van der Waals surface area contributed by atoms with Gasteiger partial charge < -0.3 is 23.9 Å². The number of para-hydroxylation sites is 1. The second-order valence-electron chi connectivity index (χ2n) is 7.00. The highest BCUT2D eigenvalue weighted by molar-refractivity contribution is 5.97. The number of methoxy groups -OCH3 is 2. The summed E-state index contributed by atoms with van der Waals surface area (Å²) in [5, 5.41) is 3.70. The van der Waals surface area contributed by atoms with E-state index >= 15 is 0 Å². The highest BCUT2D eigenvalue weighted by Gasteiger charge is 2.19. The molecule has 1 fully saturated rings.